The summed E-state index contributed by atoms with van der Waals surface area (Å²) in [6.07, 6.45) is 3.74. The SMILES string of the molecule is Cc1cc(C#Cc2cn(Cc3cccc(C)n3)c(C)n2)ccn1. The number of aryl methyl sites for hydroxylation is 3. The predicted molar refractivity (Wildman–Crippen MR) is 90.0 cm³/mol. The Balaban J connectivity index is 1.81. The average molecular weight is 302 g/mol. The third-order valence-electron chi connectivity index (χ3n) is 3.49. The van der Waals surface area contributed by atoms with Crippen LogP contribution in [0, 0.1) is 32.6 Å². The summed E-state index contributed by atoms with van der Waals surface area (Å²) in [5.41, 5.74) is 4.72. The minimum atomic E-state index is 0.705. The lowest BCUT2D eigenvalue weighted by atomic mass is 10.2. The molecule has 4 heteroatoms. The van der Waals surface area contributed by atoms with E-state index in [1.54, 1.807) is 6.20 Å². The highest BCUT2D eigenvalue weighted by atomic mass is 15.1. The summed E-state index contributed by atoms with van der Waals surface area (Å²) >= 11 is 0. The summed E-state index contributed by atoms with van der Waals surface area (Å²) in [5, 5.41) is 0. The maximum Gasteiger partial charge on any atom is 0.131 e. The van der Waals surface area contributed by atoms with Crippen molar-refractivity contribution in [2.24, 2.45) is 0 Å². The number of rotatable bonds is 2. The Morgan fingerprint density at radius 3 is 2.65 bits per heavy atom. The van der Waals surface area contributed by atoms with Crippen LogP contribution in [0.2, 0.25) is 0 Å². The van der Waals surface area contributed by atoms with Gasteiger partial charge in [0.05, 0.1) is 12.2 Å². The van der Waals surface area contributed by atoms with Crippen LogP contribution in [0.15, 0.2) is 42.7 Å². The number of imidazole rings is 1. The van der Waals surface area contributed by atoms with Gasteiger partial charge in [-0.3, -0.25) is 9.97 Å². The van der Waals surface area contributed by atoms with E-state index in [-0.39, 0.29) is 0 Å². The zero-order valence-electron chi connectivity index (χ0n) is 13.5. The lowest BCUT2D eigenvalue weighted by Gasteiger charge is -2.04. The van der Waals surface area contributed by atoms with Gasteiger partial charge in [-0.25, -0.2) is 4.98 Å². The van der Waals surface area contributed by atoms with Crippen LogP contribution in [0.1, 0.15) is 34.2 Å². The Bertz CT molecular complexity index is 897. The van der Waals surface area contributed by atoms with Crippen molar-refractivity contribution in [1.82, 2.24) is 19.5 Å². The summed E-state index contributed by atoms with van der Waals surface area (Å²) < 4.78 is 2.07. The number of hydrogen-bond acceptors (Lipinski definition) is 3. The highest BCUT2D eigenvalue weighted by Crippen LogP contribution is 2.07. The first kappa shape index (κ1) is 15.0. The summed E-state index contributed by atoms with van der Waals surface area (Å²) in [4.78, 5) is 13.2. The van der Waals surface area contributed by atoms with E-state index in [9.17, 15) is 0 Å². The van der Waals surface area contributed by atoms with E-state index >= 15 is 0 Å². The molecule has 0 unspecified atom stereocenters. The molecule has 0 aromatic carbocycles. The summed E-state index contributed by atoms with van der Waals surface area (Å²) in [5.74, 6) is 7.18. The van der Waals surface area contributed by atoms with Crippen LogP contribution in [0.5, 0.6) is 0 Å². The van der Waals surface area contributed by atoms with Gasteiger partial charge in [0.25, 0.3) is 0 Å². The summed E-state index contributed by atoms with van der Waals surface area (Å²) in [7, 11) is 0. The second-order valence-corrected chi connectivity index (χ2v) is 5.51. The zero-order valence-corrected chi connectivity index (χ0v) is 13.5. The smallest absolute Gasteiger partial charge is 0.131 e. The average Bonchev–Trinajstić information content (AvgIpc) is 2.86. The highest BCUT2D eigenvalue weighted by Gasteiger charge is 2.04. The van der Waals surface area contributed by atoms with Gasteiger partial charge in [0.1, 0.15) is 11.5 Å². The first-order chi connectivity index (χ1) is 11.1. The zero-order chi connectivity index (χ0) is 16.2. The monoisotopic (exact) mass is 302 g/mol. The largest absolute Gasteiger partial charge is 0.328 e. The van der Waals surface area contributed by atoms with E-state index in [1.165, 1.54) is 0 Å². The predicted octanol–water partition coefficient (Wildman–Crippen LogP) is 3.05. The van der Waals surface area contributed by atoms with Crippen molar-refractivity contribution in [2.45, 2.75) is 27.3 Å². The van der Waals surface area contributed by atoms with Crippen LogP contribution in [0.4, 0.5) is 0 Å². The van der Waals surface area contributed by atoms with Crippen molar-refractivity contribution in [3.63, 3.8) is 0 Å². The fourth-order valence-corrected chi connectivity index (χ4v) is 2.35. The molecular formula is C19H18N4. The Kier molecular flexibility index (Phi) is 4.20. The molecule has 0 aliphatic carbocycles. The quantitative estimate of drug-likeness (QED) is 0.683. The molecule has 23 heavy (non-hydrogen) atoms. The normalized spacial score (nSPS) is 10.2. The third kappa shape index (κ3) is 3.83. The van der Waals surface area contributed by atoms with Crippen LogP contribution in [-0.4, -0.2) is 19.5 Å². The highest BCUT2D eigenvalue weighted by molar-refractivity contribution is 5.39. The first-order valence-electron chi connectivity index (χ1n) is 7.51. The molecule has 0 saturated heterocycles. The molecule has 0 bridgehead atoms. The van der Waals surface area contributed by atoms with Gasteiger partial charge in [0.15, 0.2) is 0 Å². The van der Waals surface area contributed by atoms with E-state index in [1.807, 2.05) is 57.3 Å². The summed E-state index contributed by atoms with van der Waals surface area (Å²) in [6.45, 7) is 6.64. The lowest BCUT2D eigenvalue weighted by molar-refractivity contribution is 0.739. The Labute approximate surface area is 136 Å². The molecule has 0 aliphatic rings. The minimum absolute atomic E-state index is 0.705. The molecule has 0 N–H and O–H groups in total. The molecular weight excluding hydrogens is 284 g/mol. The molecule has 0 amide bonds. The van der Waals surface area contributed by atoms with Gasteiger partial charge < -0.3 is 4.57 Å². The van der Waals surface area contributed by atoms with Crippen molar-refractivity contribution < 1.29 is 0 Å². The van der Waals surface area contributed by atoms with Gasteiger partial charge in [-0.15, -0.1) is 0 Å². The van der Waals surface area contributed by atoms with Crippen LogP contribution >= 0.6 is 0 Å². The number of nitrogens with zero attached hydrogens (tertiary/aromatic N) is 4. The topological polar surface area (TPSA) is 43.6 Å². The van der Waals surface area contributed by atoms with Crippen LogP contribution in [0.3, 0.4) is 0 Å². The second-order valence-electron chi connectivity index (χ2n) is 5.51. The van der Waals surface area contributed by atoms with Crippen molar-refractivity contribution in [3.05, 3.63) is 76.9 Å². The van der Waals surface area contributed by atoms with Crippen molar-refractivity contribution in [2.75, 3.05) is 0 Å². The number of aromatic nitrogens is 4. The Hall–Kier alpha value is -2.93. The molecule has 3 heterocycles. The molecule has 0 saturated carbocycles. The fourth-order valence-electron chi connectivity index (χ4n) is 2.35. The van der Waals surface area contributed by atoms with Gasteiger partial charge >= 0.3 is 0 Å². The third-order valence-corrected chi connectivity index (χ3v) is 3.49. The van der Waals surface area contributed by atoms with Gasteiger partial charge in [-0.1, -0.05) is 12.0 Å². The molecule has 4 nitrogen and oxygen atoms in total. The van der Waals surface area contributed by atoms with Crippen LogP contribution < -0.4 is 0 Å². The molecule has 0 fully saturated rings. The lowest BCUT2D eigenvalue weighted by Crippen LogP contribution is -2.03. The Morgan fingerprint density at radius 1 is 1.00 bits per heavy atom. The van der Waals surface area contributed by atoms with Crippen molar-refractivity contribution >= 4 is 0 Å². The first-order valence-corrected chi connectivity index (χ1v) is 7.51. The van der Waals surface area contributed by atoms with Crippen LogP contribution in [0.25, 0.3) is 0 Å². The van der Waals surface area contributed by atoms with Gasteiger partial charge in [-0.05, 0) is 51.0 Å². The summed E-state index contributed by atoms with van der Waals surface area (Å²) in [6, 6.07) is 9.92. The fraction of sp³-hybridized carbons (Fsp3) is 0.211. The van der Waals surface area contributed by atoms with E-state index in [0.717, 1.165) is 34.2 Å². The molecule has 114 valence electrons. The maximum absolute atomic E-state index is 4.53. The number of pyridine rings is 2. The van der Waals surface area contributed by atoms with E-state index in [2.05, 4.69) is 31.4 Å². The van der Waals surface area contributed by atoms with E-state index < -0.39 is 0 Å². The van der Waals surface area contributed by atoms with Gasteiger partial charge in [0.2, 0.25) is 0 Å². The molecule has 3 rings (SSSR count). The molecule has 3 aromatic rings. The van der Waals surface area contributed by atoms with Crippen LogP contribution in [-0.2, 0) is 6.54 Å². The number of hydrogen-bond donors (Lipinski definition) is 0. The van der Waals surface area contributed by atoms with E-state index in [4.69, 9.17) is 0 Å². The van der Waals surface area contributed by atoms with Gasteiger partial charge in [0, 0.05) is 29.3 Å². The standard InChI is InChI=1S/C19H18N4/c1-14-5-4-6-18(21-14)12-23-13-19(22-16(23)3)8-7-17-9-10-20-15(2)11-17/h4-6,9-11,13H,12H2,1-3H3. The van der Waals surface area contributed by atoms with Crippen molar-refractivity contribution in [3.8, 4) is 11.8 Å². The second kappa shape index (κ2) is 6.45. The molecule has 0 radical (unpaired) electrons. The molecule has 0 spiro atoms. The minimum Gasteiger partial charge on any atom is -0.328 e. The molecule has 0 atom stereocenters. The van der Waals surface area contributed by atoms with Crippen molar-refractivity contribution in [1.29, 1.82) is 0 Å². The molecule has 3 aromatic heterocycles. The molecule has 0 aliphatic heterocycles. The maximum atomic E-state index is 4.53. The Morgan fingerprint density at radius 2 is 1.87 bits per heavy atom. The van der Waals surface area contributed by atoms with Gasteiger partial charge in [-0.2, -0.15) is 0 Å². The van der Waals surface area contributed by atoms with E-state index in [0.29, 0.717) is 6.54 Å².